The summed E-state index contributed by atoms with van der Waals surface area (Å²) >= 11 is 0. The molecule has 2 aromatic rings. The molecule has 0 spiro atoms. The summed E-state index contributed by atoms with van der Waals surface area (Å²) in [6.07, 6.45) is 7.07. The van der Waals surface area contributed by atoms with Crippen molar-refractivity contribution in [3.05, 3.63) is 29.4 Å². The molecule has 7 nitrogen and oxygen atoms in total. The number of nitrogens with zero attached hydrogens (tertiary/aromatic N) is 4. The van der Waals surface area contributed by atoms with E-state index in [1.807, 2.05) is 17.9 Å². The smallest absolute Gasteiger partial charge is 0.237 e. The van der Waals surface area contributed by atoms with Gasteiger partial charge < -0.3 is 14.6 Å². The molecule has 0 atom stereocenters. The third-order valence-electron chi connectivity index (χ3n) is 5.51. The van der Waals surface area contributed by atoms with Crippen molar-refractivity contribution in [3.8, 4) is 11.4 Å². The van der Waals surface area contributed by atoms with Crippen molar-refractivity contribution in [1.82, 2.24) is 25.2 Å². The largest absolute Gasteiger partial charge is 0.381 e. The number of hydrogen-bond donors (Lipinski definition) is 1. The Morgan fingerprint density at radius 2 is 2.08 bits per heavy atom. The number of aromatic nitrogens is 4. The lowest BCUT2D eigenvalue weighted by atomic mass is 9.71. The van der Waals surface area contributed by atoms with Crippen LogP contribution in [0.1, 0.15) is 50.6 Å². The van der Waals surface area contributed by atoms with Gasteiger partial charge in [0.25, 0.3) is 0 Å². The van der Waals surface area contributed by atoms with E-state index < -0.39 is 0 Å². The van der Waals surface area contributed by atoms with Crippen LogP contribution in [-0.4, -0.2) is 46.2 Å². The van der Waals surface area contributed by atoms with Gasteiger partial charge in [-0.05, 0) is 31.7 Å². The molecule has 4 rings (SSSR count). The van der Waals surface area contributed by atoms with E-state index in [0.29, 0.717) is 11.7 Å². The second-order valence-electron chi connectivity index (χ2n) is 7.56. The number of aryl methyl sites for hydroxylation is 1. The summed E-state index contributed by atoms with van der Waals surface area (Å²) in [6.45, 7) is 7.62. The number of ether oxygens (including phenoxy) is 1. The summed E-state index contributed by atoms with van der Waals surface area (Å²) in [4.78, 5) is 4.86. The summed E-state index contributed by atoms with van der Waals surface area (Å²) in [6, 6.07) is 0. The first-order chi connectivity index (χ1) is 12.6. The molecule has 140 valence electrons. The van der Waals surface area contributed by atoms with Crippen LogP contribution in [0, 0.1) is 0 Å². The highest BCUT2D eigenvalue weighted by Crippen LogP contribution is 2.43. The maximum Gasteiger partial charge on any atom is 0.237 e. The van der Waals surface area contributed by atoms with E-state index in [0.717, 1.165) is 62.7 Å². The van der Waals surface area contributed by atoms with Crippen LogP contribution in [0.4, 0.5) is 0 Å². The van der Waals surface area contributed by atoms with Crippen molar-refractivity contribution < 1.29 is 9.26 Å². The molecule has 2 aliphatic rings. The number of rotatable bonds is 4. The van der Waals surface area contributed by atoms with Gasteiger partial charge >= 0.3 is 0 Å². The topological polar surface area (TPSA) is 78.0 Å². The van der Waals surface area contributed by atoms with E-state index in [1.54, 1.807) is 0 Å². The lowest BCUT2D eigenvalue weighted by Crippen LogP contribution is -2.39. The molecule has 0 amide bonds. The molecular weight excluding hydrogens is 330 g/mol. The Labute approximate surface area is 153 Å². The van der Waals surface area contributed by atoms with Crippen LogP contribution >= 0.6 is 0 Å². The highest BCUT2D eigenvalue weighted by Gasteiger charge is 2.43. The average Bonchev–Trinajstić information content (AvgIpc) is 3.30. The molecule has 0 radical (unpaired) electrons. The van der Waals surface area contributed by atoms with Crippen molar-refractivity contribution in [2.24, 2.45) is 7.05 Å². The maximum atomic E-state index is 5.84. The Kier molecular flexibility index (Phi) is 4.67. The highest BCUT2D eigenvalue weighted by molar-refractivity contribution is 5.57. The average molecular weight is 357 g/mol. The minimum absolute atomic E-state index is 0.189. The molecule has 7 heteroatoms. The van der Waals surface area contributed by atoms with E-state index >= 15 is 0 Å². The lowest BCUT2D eigenvalue weighted by Gasteiger charge is -2.37. The van der Waals surface area contributed by atoms with Crippen molar-refractivity contribution in [1.29, 1.82) is 0 Å². The summed E-state index contributed by atoms with van der Waals surface area (Å²) < 4.78 is 13.3. The SMILES string of the molecule is CC(C)c1nn(C)cc1-c1noc(C2(C3=CCNCC3)CCOCC2)n1. The lowest BCUT2D eigenvalue weighted by molar-refractivity contribution is 0.0494. The van der Waals surface area contributed by atoms with Gasteiger partial charge in [0.05, 0.1) is 16.7 Å². The van der Waals surface area contributed by atoms with Gasteiger partial charge in [0.1, 0.15) is 0 Å². The first kappa shape index (κ1) is 17.4. The molecule has 0 aromatic carbocycles. The number of hydrogen-bond acceptors (Lipinski definition) is 6. The normalized spacial score (nSPS) is 20.4. The Balaban J connectivity index is 1.74. The van der Waals surface area contributed by atoms with Crippen molar-refractivity contribution in [3.63, 3.8) is 0 Å². The minimum Gasteiger partial charge on any atom is -0.381 e. The molecule has 4 heterocycles. The summed E-state index contributed by atoms with van der Waals surface area (Å²) in [7, 11) is 1.93. The molecule has 1 N–H and O–H groups in total. The van der Waals surface area contributed by atoms with Gasteiger partial charge in [0.2, 0.25) is 11.7 Å². The summed E-state index contributed by atoms with van der Waals surface area (Å²) in [5.41, 5.74) is 3.18. The second kappa shape index (κ2) is 6.96. The van der Waals surface area contributed by atoms with Gasteiger partial charge in [-0.15, -0.1) is 0 Å². The number of nitrogens with one attached hydrogen (secondary N) is 1. The molecule has 0 aliphatic carbocycles. The third kappa shape index (κ3) is 2.99. The van der Waals surface area contributed by atoms with E-state index in [2.05, 4.69) is 35.5 Å². The molecule has 0 bridgehead atoms. The molecule has 1 fully saturated rings. The van der Waals surface area contributed by atoms with E-state index in [9.17, 15) is 0 Å². The van der Waals surface area contributed by atoms with Gasteiger partial charge in [-0.2, -0.15) is 10.1 Å². The van der Waals surface area contributed by atoms with Gasteiger partial charge in [-0.1, -0.05) is 30.7 Å². The maximum absolute atomic E-state index is 5.84. The van der Waals surface area contributed by atoms with Crippen LogP contribution in [0.2, 0.25) is 0 Å². The van der Waals surface area contributed by atoms with E-state index in [-0.39, 0.29) is 5.41 Å². The van der Waals surface area contributed by atoms with Crippen LogP contribution in [-0.2, 0) is 17.2 Å². The minimum atomic E-state index is -0.189. The molecular formula is C19H27N5O2. The molecule has 2 aromatic heterocycles. The predicted octanol–water partition coefficient (Wildman–Crippen LogP) is 2.56. The monoisotopic (exact) mass is 357 g/mol. The molecule has 1 saturated heterocycles. The van der Waals surface area contributed by atoms with Crippen molar-refractivity contribution in [2.75, 3.05) is 26.3 Å². The summed E-state index contributed by atoms with van der Waals surface area (Å²) in [5, 5.41) is 12.3. The fourth-order valence-corrected chi connectivity index (χ4v) is 4.08. The first-order valence-electron chi connectivity index (χ1n) is 9.46. The quantitative estimate of drug-likeness (QED) is 0.848. The standard InChI is InChI=1S/C19H27N5O2/c1-13(2)16-15(12-24(3)22-16)17-21-18(26-23-17)19(6-10-25-11-7-19)14-4-8-20-9-5-14/h4,12-13,20H,5-11H2,1-3H3. The molecule has 0 saturated carbocycles. The Bertz CT molecular complexity index is 799. The predicted molar refractivity (Wildman–Crippen MR) is 97.9 cm³/mol. The fourth-order valence-electron chi connectivity index (χ4n) is 4.08. The van der Waals surface area contributed by atoms with Gasteiger partial charge in [0, 0.05) is 33.0 Å². The Hall–Kier alpha value is -1.99. The summed E-state index contributed by atoms with van der Waals surface area (Å²) in [5.74, 6) is 1.66. The van der Waals surface area contributed by atoms with E-state index in [4.69, 9.17) is 14.2 Å². The third-order valence-corrected chi connectivity index (χ3v) is 5.51. The highest BCUT2D eigenvalue weighted by atomic mass is 16.5. The zero-order chi connectivity index (χ0) is 18.1. The van der Waals surface area contributed by atoms with E-state index in [1.165, 1.54) is 5.57 Å². The van der Waals surface area contributed by atoms with Crippen molar-refractivity contribution in [2.45, 2.75) is 44.4 Å². The zero-order valence-corrected chi connectivity index (χ0v) is 15.8. The second-order valence-corrected chi connectivity index (χ2v) is 7.56. The van der Waals surface area contributed by atoms with Crippen LogP contribution in [0.25, 0.3) is 11.4 Å². The van der Waals surface area contributed by atoms with Crippen LogP contribution in [0.15, 0.2) is 22.4 Å². The molecule has 2 aliphatic heterocycles. The van der Waals surface area contributed by atoms with Crippen LogP contribution < -0.4 is 5.32 Å². The van der Waals surface area contributed by atoms with Crippen molar-refractivity contribution >= 4 is 0 Å². The molecule has 0 unspecified atom stereocenters. The fraction of sp³-hybridized carbons (Fsp3) is 0.632. The molecule has 26 heavy (non-hydrogen) atoms. The Morgan fingerprint density at radius 1 is 1.27 bits per heavy atom. The zero-order valence-electron chi connectivity index (χ0n) is 15.8. The van der Waals surface area contributed by atoms with Gasteiger partial charge in [-0.3, -0.25) is 4.68 Å². The van der Waals surface area contributed by atoms with Gasteiger partial charge in [-0.25, -0.2) is 0 Å². The first-order valence-corrected chi connectivity index (χ1v) is 9.46. The van der Waals surface area contributed by atoms with Crippen LogP contribution in [0.5, 0.6) is 0 Å². The van der Waals surface area contributed by atoms with Gasteiger partial charge in [0.15, 0.2) is 0 Å². The van der Waals surface area contributed by atoms with Crippen LogP contribution in [0.3, 0.4) is 0 Å². The Morgan fingerprint density at radius 3 is 2.77 bits per heavy atom.